The predicted molar refractivity (Wildman–Crippen MR) is 87.5 cm³/mol. The molecule has 0 saturated heterocycles. The second-order valence-electron chi connectivity index (χ2n) is 5.27. The lowest BCUT2D eigenvalue weighted by molar-refractivity contribution is 0.186. The number of para-hydroxylation sites is 1. The van der Waals surface area contributed by atoms with Crippen LogP contribution in [0.2, 0.25) is 0 Å². The van der Waals surface area contributed by atoms with Gasteiger partial charge in [-0.05, 0) is 18.2 Å². The number of aromatic nitrogens is 1. The number of nitrogens with zero attached hydrogens (tertiary/aromatic N) is 1. The lowest BCUT2D eigenvalue weighted by Gasteiger charge is -2.15. The van der Waals surface area contributed by atoms with Crippen molar-refractivity contribution >= 4 is 16.7 Å². The average molecular weight is 312 g/mol. The molecule has 1 unspecified atom stereocenters. The molecule has 0 radical (unpaired) electrons. The standard InChI is InChI=1S/C18H17FN2O2/c19-15-7-3-2-6-14(15)17(23)10-20-18-13(11-22)9-12-5-1-4-8-16(12)21-18/h1-9,17,22-23H,10-11H2,(H,20,21). The molecule has 3 aromatic rings. The molecule has 0 saturated carbocycles. The number of nitrogens with one attached hydrogen (secondary N) is 1. The van der Waals surface area contributed by atoms with E-state index in [1.165, 1.54) is 6.07 Å². The maximum Gasteiger partial charge on any atom is 0.132 e. The zero-order valence-corrected chi connectivity index (χ0v) is 12.4. The predicted octanol–water partition coefficient (Wildman–Crippen LogP) is 3.01. The first-order valence-corrected chi connectivity index (χ1v) is 7.35. The molecule has 118 valence electrons. The lowest BCUT2D eigenvalue weighted by atomic mass is 10.1. The molecule has 0 spiro atoms. The van der Waals surface area contributed by atoms with Crippen LogP contribution < -0.4 is 5.32 Å². The second kappa shape index (κ2) is 6.73. The molecule has 4 nitrogen and oxygen atoms in total. The molecule has 3 rings (SSSR count). The Morgan fingerprint density at radius 2 is 1.83 bits per heavy atom. The van der Waals surface area contributed by atoms with Crippen molar-refractivity contribution in [2.24, 2.45) is 0 Å². The van der Waals surface area contributed by atoms with E-state index in [1.54, 1.807) is 18.2 Å². The lowest BCUT2D eigenvalue weighted by Crippen LogP contribution is -2.15. The molecule has 3 N–H and O–H groups in total. The molecular weight excluding hydrogens is 295 g/mol. The highest BCUT2D eigenvalue weighted by atomic mass is 19.1. The van der Waals surface area contributed by atoms with E-state index in [-0.39, 0.29) is 18.7 Å². The Kier molecular flexibility index (Phi) is 4.50. The summed E-state index contributed by atoms with van der Waals surface area (Å²) < 4.78 is 13.7. The highest BCUT2D eigenvalue weighted by Gasteiger charge is 2.13. The minimum absolute atomic E-state index is 0.0965. The Morgan fingerprint density at radius 1 is 1.09 bits per heavy atom. The summed E-state index contributed by atoms with van der Waals surface area (Å²) in [5, 5.41) is 23.6. The molecule has 0 fully saturated rings. The summed E-state index contributed by atoms with van der Waals surface area (Å²) in [4.78, 5) is 4.46. The summed E-state index contributed by atoms with van der Waals surface area (Å²) in [6, 6.07) is 15.5. The number of pyridine rings is 1. The van der Waals surface area contributed by atoms with Crippen LogP contribution in [0.15, 0.2) is 54.6 Å². The number of hydrogen-bond acceptors (Lipinski definition) is 4. The van der Waals surface area contributed by atoms with Crippen LogP contribution in [0.1, 0.15) is 17.2 Å². The van der Waals surface area contributed by atoms with Gasteiger partial charge in [0.05, 0.1) is 18.2 Å². The van der Waals surface area contributed by atoms with E-state index in [1.807, 2.05) is 30.3 Å². The van der Waals surface area contributed by atoms with Crippen molar-refractivity contribution in [3.8, 4) is 0 Å². The van der Waals surface area contributed by atoms with Gasteiger partial charge in [0.2, 0.25) is 0 Å². The van der Waals surface area contributed by atoms with Gasteiger partial charge >= 0.3 is 0 Å². The average Bonchev–Trinajstić information content (AvgIpc) is 2.59. The highest BCUT2D eigenvalue weighted by Crippen LogP contribution is 2.22. The third kappa shape index (κ3) is 3.31. The van der Waals surface area contributed by atoms with Crippen LogP contribution in [-0.4, -0.2) is 21.7 Å². The molecular formula is C18H17FN2O2. The van der Waals surface area contributed by atoms with E-state index in [0.717, 1.165) is 10.9 Å². The Morgan fingerprint density at radius 3 is 2.61 bits per heavy atom. The number of benzene rings is 2. The molecule has 1 aromatic heterocycles. The number of anilines is 1. The van der Waals surface area contributed by atoms with E-state index in [0.29, 0.717) is 11.4 Å². The Hall–Kier alpha value is -2.50. The van der Waals surface area contributed by atoms with E-state index in [9.17, 15) is 14.6 Å². The molecule has 0 amide bonds. The van der Waals surface area contributed by atoms with Gasteiger partial charge in [-0.1, -0.05) is 36.4 Å². The molecule has 1 heterocycles. The van der Waals surface area contributed by atoms with Crippen LogP contribution in [0.4, 0.5) is 10.2 Å². The molecule has 2 aromatic carbocycles. The molecule has 0 aliphatic rings. The quantitative estimate of drug-likeness (QED) is 0.677. The van der Waals surface area contributed by atoms with Crippen LogP contribution in [0, 0.1) is 5.82 Å². The van der Waals surface area contributed by atoms with Crippen LogP contribution in [-0.2, 0) is 6.61 Å². The largest absolute Gasteiger partial charge is 0.392 e. The van der Waals surface area contributed by atoms with Crippen molar-refractivity contribution in [3.63, 3.8) is 0 Å². The maximum atomic E-state index is 13.7. The van der Waals surface area contributed by atoms with Crippen LogP contribution in [0.5, 0.6) is 0 Å². The van der Waals surface area contributed by atoms with Gasteiger partial charge in [-0.15, -0.1) is 0 Å². The van der Waals surface area contributed by atoms with Crippen molar-refractivity contribution in [2.45, 2.75) is 12.7 Å². The van der Waals surface area contributed by atoms with Crippen molar-refractivity contribution in [2.75, 3.05) is 11.9 Å². The van der Waals surface area contributed by atoms with E-state index in [4.69, 9.17) is 0 Å². The van der Waals surface area contributed by atoms with Gasteiger partial charge in [0.25, 0.3) is 0 Å². The number of fused-ring (bicyclic) bond motifs is 1. The van der Waals surface area contributed by atoms with Crippen molar-refractivity contribution in [3.05, 3.63) is 71.5 Å². The van der Waals surface area contributed by atoms with E-state index < -0.39 is 11.9 Å². The summed E-state index contributed by atoms with van der Waals surface area (Å²) in [6.07, 6.45) is -1.00. The Balaban J connectivity index is 1.82. The molecule has 23 heavy (non-hydrogen) atoms. The van der Waals surface area contributed by atoms with Gasteiger partial charge in [-0.2, -0.15) is 0 Å². The van der Waals surface area contributed by atoms with Gasteiger partial charge in [0, 0.05) is 23.1 Å². The normalized spacial score (nSPS) is 12.3. The smallest absolute Gasteiger partial charge is 0.132 e. The topological polar surface area (TPSA) is 65.4 Å². The van der Waals surface area contributed by atoms with Crippen molar-refractivity contribution in [1.29, 1.82) is 0 Å². The molecule has 1 atom stereocenters. The molecule has 5 heteroatoms. The fourth-order valence-electron chi connectivity index (χ4n) is 2.48. The zero-order valence-electron chi connectivity index (χ0n) is 12.4. The third-order valence-electron chi connectivity index (χ3n) is 3.70. The first kappa shape index (κ1) is 15.4. The minimum Gasteiger partial charge on any atom is -0.392 e. The van der Waals surface area contributed by atoms with Crippen LogP contribution in [0.3, 0.4) is 0 Å². The molecule has 0 aliphatic heterocycles. The van der Waals surface area contributed by atoms with Crippen LogP contribution >= 0.6 is 0 Å². The maximum absolute atomic E-state index is 13.7. The summed E-state index contributed by atoms with van der Waals surface area (Å²) in [7, 11) is 0. The molecule has 0 bridgehead atoms. The Bertz CT molecular complexity index is 823. The summed E-state index contributed by atoms with van der Waals surface area (Å²) in [5.41, 5.74) is 1.64. The second-order valence-corrected chi connectivity index (χ2v) is 5.27. The summed E-state index contributed by atoms with van der Waals surface area (Å²) in [6.45, 7) is -0.0742. The monoisotopic (exact) mass is 312 g/mol. The first-order valence-electron chi connectivity index (χ1n) is 7.35. The third-order valence-corrected chi connectivity index (χ3v) is 3.70. The van der Waals surface area contributed by atoms with Gasteiger partial charge in [0.15, 0.2) is 0 Å². The number of rotatable bonds is 5. The number of aliphatic hydroxyl groups is 2. The SMILES string of the molecule is OCc1cc2ccccc2nc1NCC(O)c1ccccc1F. The fourth-order valence-corrected chi connectivity index (χ4v) is 2.48. The van der Waals surface area contributed by atoms with Gasteiger partial charge in [0.1, 0.15) is 11.6 Å². The van der Waals surface area contributed by atoms with Gasteiger partial charge in [-0.25, -0.2) is 9.37 Å². The molecule has 0 aliphatic carbocycles. The van der Waals surface area contributed by atoms with E-state index >= 15 is 0 Å². The highest BCUT2D eigenvalue weighted by molar-refractivity contribution is 5.81. The van der Waals surface area contributed by atoms with Crippen molar-refractivity contribution in [1.82, 2.24) is 4.98 Å². The number of hydrogen-bond donors (Lipinski definition) is 3. The summed E-state index contributed by atoms with van der Waals surface area (Å²) >= 11 is 0. The van der Waals surface area contributed by atoms with Crippen LogP contribution in [0.25, 0.3) is 10.9 Å². The fraction of sp³-hybridized carbons (Fsp3) is 0.167. The van der Waals surface area contributed by atoms with E-state index in [2.05, 4.69) is 10.3 Å². The van der Waals surface area contributed by atoms with Gasteiger partial charge in [-0.3, -0.25) is 0 Å². The first-order chi connectivity index (χ1) is 11.2. The number of halogens is 1. The van der Waals surface area contributed by atoms with Crippen molar-refractivity contribution < 1.29 is 14.6 Å². The summed E-state index contributed by atoms with van der Waals surface area (Å²) in [5.74, 6) is 0.0391. The Labute approximate surface area is 133 Å². The zero-order chi connectivity index (χ0) is 16.2. The van der Waals surface area contributed by atoms with Gasteiger partial charge < -0.3 is 15.5 Å². The minimum atomic E-state index is -1.00. The number of aliphatic hydroxyl groups excluding tert-OH is 2.